The largest absolute Gasteiger partial charge is 0.385 e. The predicted octanol–water partition coefficient (Wildman–Crippen LogP) is 3.67. The Balaban J connectivity index is 1.91. The van der Waals surface area contributed by atoms with E-state index in [2.05, 4.69) is 17.6 Å². The van der Waals surface area contributed by atoms with Crippen molar-refractivity contribution in [2.75, 3.05) is 18.4 Å². The Morgan fingerprint density at radius 3 is 2.85 bits per heavy atom. The highest BCUT2D eigenvalue weighted by Gasteiger charge is 2.20. The summed E-state index contributed by atoms with van der Waals surface area (Å²) in [5.41, 5.74) is 1.67. The molecular weight excluding hydrogens is 248 g/mol. The summed E-state index contributed by atoms with van der Waals surface area (Å²) in [6.07, 6.45) is 5.14. The first-order valence-electron chi connectivity index (χ1n) is 7.81. The smallest absolute Gasteiger partial charge is 0.253 e. The standard InChI is InChI=1S/C17H26N2O/c1-3-18-16-10-5-4-9-15(16)17(20)19-12-14-8-6-7-13(2)11-14/h4-5,9-10,13-14,18H,3,6-8,11-12H2,1-2H3,(H,19,20). The molecule has 0 spiro atoms. The van der Waals surface area contributed by atoms with Crippen molar-refractivity contribution in [3.63, 3.8) is 0 Å². The average Bonchev–Trinajstić information content (AvgIpc) is 2.46. The normalized spacial score (nSPS) is 22.3. The van der Waals surface area contributed by atoms with Crippen molar-refractivity contribution in [2.24, 2.45) is 11.8 Å². The minimum atomic E-state index is 0.0415. The van der Waals surface area contributed by atoms with Crippen molar-refractivity contribution < 1.29 is 4.79 Å². The summed E-state index contributed by atoms with van der Waals surface area (Å²) < 4.78 is 0. The third-order valence-electron chi connectivity index (χ3n) is 4.14. The van der Waals surface area contributed by atoms with Gasteiger partial charge in [-0.1, -0.05) is 31.9 Å². The van der Waals surface area contributed by atoms with Crippen LogP contribution >= 0.6 is 0 Å². The van der Waals surface area contributed by atoms with Crippen LogP contribution in [0, 0.1) is 11.8 Å². The number of benzene rings is 1. The van der Waals surface area contributed by atoms with Gasteiger partial charge in [0.1, 0.15) is 0 Å². The quantitative estimate of drug-likeness (QED) is 0.860. The molecule has 0 bridgehead atoms. The summed E-state index contributed by atoms with van der Waals surface area (Å²) in [5.74, 6) is 1.49. The van der Waals surface area contributed by atoms with Gasteiger partial charge in [-0.25, -0.2) is 0 Å². The summed E-state index contributed by atoms with van der Waals surface area (Å²) in [5, 5.41) is 6.35. The summed E-state index contributed by atoms with van der Waals surface area (Å²) in [7, 11) is 0. The van der Waals surface area contributed by atoms with Gasteiger partial charge in [0.2, 0.25) is 0 Å². The second-order valence-corrected chi connectivity index (χ2v) is 5.92. The fourth-order valence-electron chi connectivity index (χ4n) is 3.10. The Labute approximate surface area is 122 Å². The van der Waals surface area contributed by atoms with Crippen LogP contribution in [0.3, 0.4) is 0 Å². The van der Waals surface area contributed by atoms with Crippen molar-refractivity contribution in [3.05, 3.63) is 29.8 Å². The second-order valence-electron chi connectivity index (χ2n) is 5.92. The molecule has 2 atom stereocenters. The van der Waals surface area contributed by atoms with E-state index in [1.807, 2.05) is 31.2 Å². The first-order valence-corrected chi connectivity index (χ1v) is 7.81. The van der Waals surface area contributed by atoms with Crippen LogP contribution < -0.4 is 10.6 Å². The van der Waals surface area contributed by atoms with Gasteiger partial charge in [0.15, 0.2) is 0 Å². The van der Waals surface area contributed by atoms with E-state index in [-0.39, 0.29) is 5.91 Å². The lowest BCUT2D eigenvalue weighted by Gasteiger charge is -2.26. The third-order valence-corrected chi connectivity index (χ3v) is 4.14. The topological polar surface area (TPSA) is 41.1 Å². The molecule has 0 saturated heterocycles. The second kappa shape index (κ2) is 7.32. The molecule has 1 amide bonds. The third kappa shape index (κ3) is 3.99. The van der Waals surface area contributed by atoms with Crippen molar-refractivity contribution in [3.8, 4) is 0 Å². The van der Waals surface area contributed by atoms with Gasteiger partial charge in [0, 0.05) is 18.8 Å². The number of rotatable bonds is 5. The lowest BCUT2D eigenvalue weighted by molar-refractivity contribution is 0.0941. The van der Waals surface area contributed by atoms with Crippen molar-refractivity contribution in [1.82, 2.24) is 5.32 Å². The van der Waals surface area contributed by atoms with E-state index in [1.165, 1.54) is 25.7 Å². The van der Waals surface area contributed by atoms with Crippen LogP contribution in [0.2, 0.25) is 0 Å². The molecule has 0 aromatic heterocycles. The fraction of sp³-hybridized carbons (Fsp3) is 0.588. The van der Waals surface area contributed by atoms with Gasteiger partial charge >= 0.3 is 0 Å². The van der Waals surface area contributed by atoms with Crippen LogP contribution in [0.4, 0.5) is 5.69 Å². The molecule has 2 unspecified atom stereocenters. The van der Waals surface area contributed by atoms with Gasteiger partial charge in [0.25, 0.3) is 5.91 Å². The van der Waals surface area contributed by atoms with Gasteiger partial charge in [0.05, 0.1) is 5.56 Å². The number of para-hydroxylation sites is 1. The number of amides is 1. The van der Waals surface area contributed by atoms with E-state index in [4.69, 9.17) is 0 Å². The van der Waals surface area contributed by atoms with E-state index in [0.717, 1.165) is 30.3 Å². The molecule has 3 nitrogen and oxygen atoms in total. The van der Waals surface area contributed by atoms with Crippen molar-refractivity contribution >= 4 is 11.6 Å². The molecule has 0 aliphatic heterocycles. The van der Waals surface area contributed by atoms with Crippen molar-refractivity contribution in [2.45, 2.75) is 39.5 Å². The van der Waals surface area contributed by atoms with Gasteiger partial charge in [-0.05, 0) is 43.7 Å². The molecule has 1 fully saturated rings. The molecule has 3 heteroatoms. The molecule has 1 aliphatic carbocycles. The first-order chi connectivity index (χ1) is 9.70. The maximum absolute atomic E-state index is 12.3. The van der Waals surface area contributed by atoms with E-state index in [0.29, 0.717) is 5.92 Å². The van der Waals surface area contributed by atoms with Gasteiger partial charge in [-0.3, -0.25) is 4.79 Å². The lowest BCUT2D eigenvalue weighted by Crippen LogP contribution is -2.31. The summed E-state index contributed by atoms with van der Waals surface area (Å²) in [4.78, 5) is 12.3. The lowest BCUT2D eigenvalue weighted by atomic mass is 9.82. The fourth-order valence-corrected chi connectivity index (χ4v) is 3.10. The summed E-state index contributed by atoms with van der Waals surface area (Å²) in [6, 6.07) is 7.72. The highest BCUT2D eigenvalue weighted by atomic mass is 16.1. The molecule has 1 aromatic carbocycles. The van der Waals surface area contributed by atoms with Gasteiger partial charge in [-0.2, -0.15) is 0 Å². The molecule has 1 aromatic rings. The van der Waals surface area contributed by atoms with E-state index in [1.54, 1.807) is 0 Å². The number of hydrogen-bond donors (Lipinski definition) is 2. The van der Waals surface area contributed by atoms with Gasteiger partial charge in [-0.15, -0.1) is 0 Å². The zero-order valence-corrected chi connectivity index (χ0v) is 12.6. The van der Waals surface area contributed by atoms with E-state index >= 15 is 0 Å². The zero-order chi connectivity index (χ0) is 14.4. The van der Waals surface area contributed by atoms with Crippen LogP contribution in [-0.4, -0.2) is 19.0 Å². The van der Waals surface area contributed by atoms with Crippen LogP contribution in [0.1, 0.15) is 49.9 Å². The summed E-state index contributed by atoms with van der Waals surface area (Å²) in [6.45, 7) is 5.99. The number of carbonyl (C=O) groups is 1. The Bertz CT molecular complexity index is 444. The molecule has 0 heterocycles. The van der Waals surface area contributed by atoms with E-state index < -0.39 is 0 Å². The van der Waals surface area contributed by atoms with Crippen LogP contribution in [0.5, 0.6) is 0 Å². The Morgan fingerprint density at radius 1 is 1.30 bits per heavy atom. The average molecular weight is 274 g/mol. The molecule has 2 rings (SSSR count). The highest BCUT2D eigenvalue weighted by molar-refractivity contribution is 5.99. The minimum Gasteiger partial charge on any atom is -0.385 e. The number of carbonyl (C=O) groups excluding carboxylic acids is 1. The highest BCUT2D eigenvalue weighted by Crippen LogP contribution is 2.28. The minimum absolute atomic E-state index is 0.0415. The molecule has 110 valence electrons. The molecule has 20 heavy (non-hydrogen) atoms. The van der Waals surface area contributed by atoms with Gasteiger partial charge < -0.3 is 10.6 Å². The van der Waals surface area contributed by atoms with Crippen LogP contribution in [0.25, 0.3) is 0 Å². The zero-order valence-electron chi connectivity index (χ0n) is 12.6. The van der Waals surface area contributed by atoms with Crippen molar-refractivity contribution in [1.29, 1.82) is 0 Å². The Kier molecular flexibility index (Phi) is 5.45. The number of anilines is 1. The number of nitrogens with one attached hydrogen (secondary N) is 2. The van der Waals surface area contributed by atoms with Crippen LogP contribution in [0.15, 0.2) is 24.3 Å². The Morgan fingerprint density at radius 2 is 2.10 bits per heavy atom. The maximum Gasteiger partial charge on any atom is 0.253 e. The molecular formula is C17H26N2O. The molecule has 1 aliphatic rings. The SMILES string of the molecule is CCNc1ccccc1C(=O)NCC1CCCC(C)C1. The molecule has 0 radical (unpaired) electrons. The monoisotopic (exact) mass is 274 g/mol. The first kappa shape index (κ1) is 14.9. The maximum atomic E-state index is 12.3. The predicted molar refractivity (Wildman–Crippen MR) is 84.1 cm³/mol. The van der Waals surface area contributed by atoms with Crippen LogP contribution in [-0.2, 0) is 0 Å². The molecule has 2 N–H and O–H groups in total. The summed E-state index contributed by atoms with van der Waals surface area (Å²) >= 11 is 0. The van der Waals surface area contributed by atoms with E-state index in [9.17, 15) is 4.79 Å². The number of hydrogen-bond acceptors (Lipinski definition) is 2. The molecule has 1 saturated carbocycles. The Hall–Kier alpha value is -1.51.